The molecule has 0 bridgehead atoms. The van der Waals surface area contributed by atoms with Gasteiger partial charge in [0.2, 0.25) is 0 Å². The van der Waals surface area contributed by atoms with Gasteiger partial charge in [-0.05, 0) is 31.4 Å². The highest BCUT2D eigenvalue weighted by Crippen LogP contribution is 2.21. The van der Waals surface area contributed by atoms with Crippen LogP contribution >= 0.6 is 0 Å². The van der Waals surface area contributed by atoms with Gasteiger partial charge in [0, 0.05) is 26.2 Å². The van der Waals surface area contributed by atoms with Crippen LogP contribution in [0, 0.1) is 0 Å². The first-order chi connectivity index (χ1) is 10.2. The summed E-state index contributed by atoms with van der Waals surface area (Å²) in [5.41, 5.74) is 1.02. The highest BCUT2D eigenvalue weighted by molar-refractivity contribution is 5.67. The van der Waals surface area contributed by atoms with Gasteiger partial charge in [-0.2, -0.15) is 0 Å². The lowest BCUT2D eigenvalue weighted by Crippen LogP contribution is -2.27. The number of hydrogen-bond acceptors (Lipinski definition) is 4. The summed E-state index contributed by atoms with van der Waals surface area (Å²) in [7, 11) is 0. The molecule has 1 N–H and O–H groups in total. The molecule has 2 heterocycles. The number of carboxylic acids is 1. The van der Waals surface area contributed by atoms with E-state index in [0.717, 1.165) is 44.0 Å². The third-order valence-corrected chi connectivity index (χ3v) is 3.90. The van der Waals surface area contributed by atoms with E-state index in [4.69, 9.17) is 5.11 Å². The molecule has 0 aliphatic carbocycles. The van der Waals surface area contributed by atoms with E-state index < -0.39 is 5.97 Å². The summed E-state index contributed by atoms with van der Waals surface area (Å²) >= 11 is 0. The van der Waals surface area contributed by atoms with Crippen LogP contribution in [0.15, 0.2) is 18.3 Å². The maximum absolute atomic E-state index is 10.8. The highest BCUT2D eigenvalue weighted by Gasteiger charge is 2.14. The van der Waals surface area contributed by atoms with E-state index in [1.54, 1.807) is 0 Å². The molecular formula is C16H25N3O2. The van der Waals surface area contributed by atoms with Crippen molar-refractivity contribution in [3.8, 4) is 0 Å². The van der Waals surface area contributed by atoms with Crippen LogP contribution in [0.4, 0.5) is 11.5 Å². The van der Waals surface area contributed by atoms with Crippen molar-refractivity contribution >= 4 is 17.5 Å². The zero-order valence-electron chi connectivity index (χ0n) is 12.8. The molecule has 5 heteroatoms. The molecule has 1 aliphatic rings. The molecule has 5 nitrogen and oxygen atoms in total. The first-order valence-corrected chi connectivity index (χ1v) is 7.88. The molecule has 0 aromatic carbocycles. The van der Waals surface area contributed by atoms with Crippen LogP contribution in [0.2, 0.25) is 0 Å². The van der Waals surface area contributed by atoms with Crippen molar-refractivity contribution in [3.63, 3.8) is 0 Å². The van der Waals surface area contributed by atoms with Gasteiger partial charge in [-0.3, -0.25) is 4.79 Å². The lowest BCUT2D eigenvalue weighted by molar-refractivity contribution is -0.136. The molecule has 21 heavy (non-hydrogen) atoms. The van der Waals surface area contributed by atoms with Crippen LogP contribution in [-0.2, 0) is 4.79 Å². The monoisotopic (exact) mass is 291 g/mol. The fourth-order valence-electron chi connectivity index (χ4n) is 2.65. The minimum Gasteiger partial charge on any atom is -0.481 e. The largest absolute Gasteiger partial charge is 0.481 e. The van der Waals surface area contributed by atoms with Crippen LogP contribution in [0.5, 0.6) is 0 Å². The molecule has 0 spiro atoms. The molecule has 2 rings (SSSR count). The predicted octanol–water partition coefficient (Wildman–Crippen LogP) is 2.76. The SMILES string of the molecule is CCCCN(CCC(=O)O)c1ccc(N2CCCC2)nc1. The second-order valence-corrected chi connectivity index (χ2v) is 5.55. The second-order valence-electron chi connectivity index (χ2n) is 5.55. The summed E-state index contributed by atoms with van der Waals surface area (Å²) < 4.78 is 0. The van der Waals surface area contributed by atoms with Crippen molar-refractivity contribution < 1.29 is 9.90 Å². The fraction of sp³-hybridized carbons (Fsp3) is 0.625. The predicted molar refractivity (Wildman–Crippen MR) is 85.1 cm³/mol. The minimum atomic E-state index is -0.752. The zero-order valence-corrected chi connectivity index (χ0v) is 12.8. The summed E-state index contributed by atoms with van der Waals surface area (Å²) in [4.78, 5) is 19.8. The summed E-state index contributed by atoms with van der Waals surface area (Å²) in [6, 6.07) is 4.12. The molecule has 0 amide bonds. The number of hydrogen-bond donors (Lipinski definition) is 1. The number of pyridine rings is 1. The van der Waals surface area contributed by atoms with Crippen molar-refractivity contribution in [1.82, 2.24) is 4.98 Å². The minimum absolute atomic E-state index is 0.164. The number of aliphatic carboxylic acids is 1. The third kappa shape index (κ3) is 4.62. The van der Waals surface area contributed by atoms with E-state index in [9.17, 15) is 4.79 Å². The topological polar surface area (TPSA) is 56.7 Å². The molecule has 0 radical (unpaired) electrons. The number of nitrogens with zero attached hydrogens (tertiary/aromatic N) is 3. The van der Waals surface area contributed by atoms with Crippen molar-refractivity contribution in [1.29, 1.82) is 0 Å². The maximum atomic E-state index is 10.8. The maximum Gasteiger partial charge on any atom is 0.305 e. The van der Waals surface area contributed by atoms with Crippen LogP contribution in [0.3, 0.4) is 0 Å². The van der Waals surface area contributed by atoms with Crippen molar-refractivity contribution in [2.75, 3.05) is 36.0 Å². The first-order valence-electron chi connectivity index (χ1n) is 7.88. The standard InChI is InChI=1S/C16H25N3O2/c1-2-3-9-18(12-8-16(20)21)14-6-7-15(17-13-14)19-10-4-5-11-19/h6-7,13H,2-5,8-12H2,1H3,(H,20,21). The van der Waals surface area contributed by atoms with Crippen molar-refractivity contribution in [2.45, 2.75) is 39.0 Å². The number of carboxylic acid groups (broad SMARTS) is 1. The zero-order chi connectivity index (χ0) is 15.1. The van der Waals surface area contributed by atoms with E-state index >= 15 is 0 Å². The Kier molecular flexibility index (Phi) is 5.84. The molecule has 1 aromatic heterocycles. The van der Waals surface area contributed by atoms with Crippen LogP contribution in [0.25, 0.3) is 0 Å². The number of carbonyl (C=O) groups is 1. The Balaban J connectivity index is 2.01. The lowest BCUT2D eigenvalue weighted by atomic mass is 10.2. The summed E-state index contributed by atoms with van der Waals surface area (Å²) in [5, 5.41) is 8.87. The average molecular weight is 291 g/mol. The van der Waals surface area contributed by atoms with E-state index in [1.165, 1.54) is 12.8 Å². The number of anilines is 2. The Hall–Kier alpha value is -1.78. The Labute approximate surface area is 126 Å². The first kappa shape index (κ1) is 15.6. The van der Waals surface area contributed by atoms with Gasteiger partial charge in [0.25, 0.3) is 0 Å². The Morgan fingerprint density at radius 3 is 2.67 bits per heavy atom. The van der Waals surface area contributed by atoms with Gasteiger partial charge >= 0.3 is 5.97 Å². The highest BCUT2D eigenvalue weighted by atomic mass is 16.4. The van der Waals surface area contributed by atoms with Crippen LogP contribution < -0.4 is 9.80 Å². The second kappa shape index (κ2) is 7.86. The Bertz CT molecular complexity index is 441. The van der Waals surface area contributed by atoms with Gasteiger partial charge in [0.05, 0.1) is 18.3 Å². The lowest BCUT2D eigenvalue weighted by Gasteiger charge is -2.24. The van der Waals surface area contributed by atoms with Gasteiger partial charge in [0.15, 0.2) is 0 Å². The molecule has 1 aliphatic heterocycles. The molecule has 1 aromatic rings. The van der Waals surface area contributed by atoms with Gasteiger partial charge in [-0.1, -0.05) is 13.3 Å². The van der Waals surface area contributed by atoms with Crippen molar-refractivity contribution in [2.24, 2.45) is 0 Å². The Morgan fingerprint density at radius 1 is 1.33 bits per heavy atom. The molecule has 0 unspecified atom stereocenters. The molecule has 116 valence electrons. The average Bonchev–Trinajstić information content (AvgIpc) is 3.02. The number of aromatic nitrogens is 1. The van der Waals surface area contributed by atoms with Gasteiger partial charge in [0.1, 0.15) is 5.82 Å². The third-order valence-electron chi connectivity index (χ3n) is 3.90. The number of unbranched alkanes of at least 4 members (excludes halogenated alkanes) is 1. The van der Waals surface area contributed by atoms with E-state index in [2.05, 4.69) is 33.8 Å². The molecular weight excluding hydrogens is 266 g/mol. The van der Waals surface area contributed by atoms with Crippen molar-refractivity contribution in [3.05, 3.63) is 18.3 Å². The van der Waals surface area contributed by atoms with Gasteiger partial charge in [-0.15, -0.1) is 0 Å². The van der Waals surface area contributed by atoms with E-state index in [1.807, 2.05) is 6.20 Å². The summed E-state index contributed by atoms with van der Waals surface area (Å²) in [5.74, 6) is 0.281. The Morgan fingerprint density at radius 2 is 2.10 bits per heavy atom. The van der Waals surface area contributed by atoms with E-state index in [0.29, 0.717) is 6.54 Å². The smallest absolute Gasteiger partial charge is 0.305 e. The molecule has 0 atom stereocenters. The fourth-order valence-corrected chi connectivity index (χ4v) is 2.65. The molecule has 1 fully saturated rings. The summed E-state index contributed by atoms with van der Waals surface area (Å²) in [6.45, 7) is 5.74. The van der Waals surface area contributed by atoms with Crippen LogP contribution in [0.1, 0.15) is 39.0 Å². The summed E-state index contributed by atoms with van der Waals surface area (Å²) in [6.07, 6.45) is 6.69. The van der Waals surface area contributed by atoms with Gasteiger partial charge < -0.3 is 14.9 Å². The van der Waals surface area contributed by atoms with Crippen LogP contribution in [-0.4, -0.2) is 42.2 Å². The van der Waals surface area contributed by atoms with E-state index in [-0.39, 0.29) is 6.42 Å². The molecule has 1 saturated heterocycles. The normalized spacial score (nSPS) is 14.4. The number of rotatable bonds is 8. The molecule has 0 saturated carbocycles. The van der Waals surface area contributed by atoms with Gasteiger partial charge in [-0.25, -0.2) is 4.98 Å². The quantitative estimate of drug-likeness (QED) is 0.798.